The molecule has 2 heteroatoms. The van der Waals surface area contributed by atoms with E-state index >= 15 is 0 Å². The SMILES string of the molecule is Cc1cc(CN(C)CC(C)C)ccc1N. The Morgan fingerprint density at radius 1 is 1.33 bits per heavy atom. The van der Waals surface area contributed by atoms with Gasteiger partial charge in [-0.05, 0) is 37.1 Å². The largest absolute Gasteiger partial charge is 0.399 e. The van der Waals surface area contributed by atoms with E-state index in [4.69, 9.17) is 5.73 Å². The lowest BCUT2D eigenvalue weighted by molar-refractivity contribution is 0.288. The van der Waals surface area contributed by atoms with Crippen molar-refractivity contribution in [2.45, 2.75) is 27.3 Å². The Kier molecular flexibility index (Phi) is 4.15. The monoisotopic (exact) mass is 206 g/mol. The van der Waals surface area contributed by atoms with Crippen LogP contribution in [0.2, 0.25) is 0 Å². The van der Waals surface area contributed by atoms with E-state index in [1.807, 2.05) is 6.07 Å². The second-order valence-corrected chi connectivity index (χ2v) is 4.78. The molecule has 15 heavy (non-hydrogen) atoms. The predicted molar refractivity (Wildman–Crippen MR) is 66.8 cm³/mol. The van der Waals surface area contributed by atoms with Crippen LogP contribution >= 0.6 is 0 Å². The maximum absolute atomic E-state index is 5.79. The van der Waals surface area contributed by atoms with Gasteiger partial charge in [0.15, 0.2) is 0 Å². The number of aryl methyl sites for hydroxylation is 1. The minimum Gasteiger partial charge on any atom is -0.399 e. The summed E-state index contributed by atoms with van der Waals surface area (Å²) < 4.78 is 0. The number of nitrogen functional groups attached to an aromatic ring is 1. The van der Waals surface area contributed by atoms with Gasteiger partial charge in [-0.2, -0.15) is 0 Å². The van der Waals surface area contributed by atoms with Gasteiger partial charge in [0.2, 0.25) is 0 Å². The van der Waals surface area contributed by atoms with Gasteiger partial charge < -0.3 is 10.6 Å². The van der Waals surface area contributed by atoms with Gasteiger partial charge in [0, 0.05) is 18.8 Å². The Bertz CT molecular complexity index is 318. The molecule has 1 aromatic rings. The highest BCUT2D eigenvalue weighted by Crippen LogP contribution is 2.14. The van der Waals surface area contributed by atoms with Crippen LogP contribution in [0.5, 0.6) is 0 Å². The lowest BCUT2D eigenvalue weighted by Gasteiger charge is -2.19. The average molecular weight is 206 g/mol. The quantitative estimate of drug-likeness (QED) is 0.767. The zero-order valence-corrected chi connectivity index (χ0v) is 10.2. The lowest BCUT2D eigenvalue weighted by atomic mass is 10.1. The maximum atomic E-state index is 5.79. The van der Waals surface area contributed by atoms with Gasteiger partial charge in [0.1, 0.15) is 0 Å². The molecule has 0 heterocycles. The fourth-order valence-corrected chi connectivity index (χ4v) is 1.84. The third kappa shape index (κ3) is 3.92. The molecule has 0 spiro atoms. The fourth-order valence-electron chi connectivity index (χ4n) is 1.84. The Morgan fingerprint density at radius 2 is 2.00 bits per heavy atom. The zero-order valence-electron chi connectivity index (χ0n) is 10.2. The van der Waals surface area contributed by atoms with Crippen molar-refractivity contribution in [3.8, 4) is 0 Å². The molecule has 1 rings (SSSR count). The first-order chi connectivity index (χ1) is 6.99. The number of benzene rings is 1. The van der Waals surface area contributed by atoms with Crippen LogP contribution in [0.25, 0.3) is 0 Å². The smallest absolute Gasteiger partial charge is 0.0343 e. The molecule has 0 bridgehead atoms. The van der Waals surface area contributed by atoms with E-state index in [1.54, 1.807) is 0 Å². The van der Waals surface area contributed by atoms with E-state index in [1.165, 1.54) is 11.1 Å². The third-order valence-electron chi connectivity index (χ3n) is 2.46. The first kappa shape index (κ1) is 12.1. The van der Waals surface area contributed by atoms with Crippen LogP contribution in [0.3, 0.4) is 0 Å². The summed E-state index contributed by atoms with van der Waals surface area (Å²) in [6.45, 7) is 8.67. The summed E-state index contributed by atoms with van der Waals surface area (Å²) in [7, 11) is 2.16. The van der Waals surface area contributed by atoms with Crippen LogP contribution in [-0.2, 0) is 6.54 Å². The van der Waals surface area contributed by atoms with Crippen LogP contribution in [0.4, 0.5) is 5.69 Å². The molecule has 84 valence electrons. The Morgan fingerprint density at radius 3 is 2.53 bits per heavy atom. The molecule has 0 amide bonds. The number of hydrogen-bond acceptors (Lipinski definition) is 2. The van der Waals surface area contributed by atoms with E-state index in [0.29, 0.717) is 5.92 Å². The molecular weight excluding hydrogens is 184 g/mol. The van der Waals surface area contributed by atoms with Gasteiger partial charge in [-0.15, -0.1) is 0 Å². The highest BCUT2D eigenvalue weighted by Gasteiger charge is 2.03. The highest BCUT2D eigenvalue weighted by molar-refractivity contribution is 5.47. The van der Waals surface area contributed by atoms with Crippen molar-refractivity contribution >= 4 is 5.69 Å². The van der Waals surface area contributed by atoms with Crippen molar-refractivity contribution in [3.63, 3.8) is 0 Å². The highest BCUT2D eigenvalue weighted by atomic mass is 15.1. The number of rotatable bonds is 4. The molecule has 0 saturated carbocycles. The molecule has 2 nitrogen and oxygen atoms in total. The van der Waals surface area contributed by atoms with Crippen LogP contribution in [0.15, 0.2) is 18.2 Å². The van der Waals surface area contributed by atoms with Gasteiger partial charge in [0.05, 0.1) is 0 Å². The average Bonchev–Trinajstić information content (AvgIpc) is 2.10. The molecule has 0 saturated heterocycles. The molecule has 2 N–H and O–H groups in total. The standard InChI is InChI=1S/C13H22N2/c1-10(2)8-15(4)9-12-5-6-13(14)11(3)7-12/h5-7,10H,8-9,14H2,1-4H3. The molecule has 1 aromatic carbocycles. The van der Waals surface area contributed by atoms with E-state index in [-0.39, 0.29) is 0 Å². The fraction of sp³-hybridized carbons (Fsp3) is 0.538. The van der Waals surface area contributed by atoms with Crippen LogP contribution in [-0.4, -0.2) is 18.5 Å². The number of nitrogens with two attached hydrogens (primary N) is 1. The van der Waals surface area contributed by atoms with Crippen molar-refractivity contribution in [1.82, 2.24) is 4.90 Å². The zero-order chi connectivity index (χ0) is 11.4. The van der Waals surface area contributed by atoms with Gasteiger partial charge in [0.25, 0.3) is 0 Å². The molecule has 0 aliphatic heterocycles. The molecule has 0 aromatic heterocycles. The lowest BCUT2D eigenvalue weighted by Crippen LogP contribution is -2.22. The summed E-state index contributed by atoms with van der Waals surface area (Å²) in [6, 6.07) is 6.28. The summed E-state index contributed by atoms with van der Waals surface area (Å²) in [5.74, 6) is 0.713. The summed E-state index contributed by atoms with van der Waals surface area (Å²) in [5, 5.41) is 0. The second-order valence-electron chi connectivity index (χ2n) is 4.78. The minimum absolute atomic E-state index is 0.713. The molecule has 0 unspecified atom stereocenters. The van der Waals surface area contributed by atoms with Crippen molar-refractivity contribution in [1.29, 1.82) is 0 Å². The molecule has 0 aliphatic carbocycles. The van der Waals surface area contributed by atoms with Crippen molar-refractivity contribution < 1.29 is 0 Å². The van der Waals surface area contributed by atoms with Gasteiger partial charge in [-0.1, -0.05) is 26.0 Å². The molecular formula is C13H22N2. The summed E-state index contributed by atoms with van der Waals surface area (Å²) in [6.07, 6.45) is 0. The molecule has 0 atom stereocenters. The number of hydrogen-bond donors (Lipinski definition) is 1. The second kappa shape index (κ2) is 5.17. The Hall–Kier alpha value is -1.02. The van der Waals surface area contributed by atoms with Gasteiger partial charge in [-0.25, -0.2) is 0 Å². The normalized spacial score (nSPS) is 11.3. The van der Waals surface area contributed by atoms with E-state index < -0.39 is 0 Å². The predicted octanol–water partition coefficient (Wildman–Crippen LogP) is 2.67. The topological polar surface area (TPSA) is 29.3 Å². The van der Waals surface area contributed by atoms with Crippen LogP contribution < -0.4 is 5.73 Å². The van der Waals surface area contributed by atoms with E-state index in [0.717, 1.165) is 18.8 Å². The Labute approximate surface area is 93.1 Å². The van der Waals surface area contributed by atoms with E-state index in [9.17, 15) is 0 Å². The number of anilines is 1. The van der Waals surface area contributed by atoms with Gasteiger partial charge >= 0.3 is 0 Å². The first-order valence-corrected chi connectivity index (χ1v) is 5.52. The third-order valence-corrected chi connectivity index (χ3v) is 2.46. The van der Waals surface area contributed by atoms with Crippen LogP contribution in [0, 0.1) is 12.8 Å². The summed E-state index contributed by atoms with van der Waals surface area (Å²) in [4.78, 5) is 2.34. The minimum atomic E-state index is 0.713. The summed E-state index contributed by atoms with van der Waals surface area (Å²) in [5.41, 5.74) is 9.18. The first-order valence-electron chi connectivity index (χ1n) is 5.52. The van der Waals surface area contributed by atoms with Crippen molar-refractivity contribution in [3.05, 3.63) is 29.3 Å². The molecule has 0 fully saturated rings. The number of nitrogens with zero attached hydrogens (tertiary/aromatic N) is 1. The molecule has 0 aliphatic rings. The van der Waals surface area contributed by atoms with Crippen molar-refractivity contribution in [2.75, 3.05) is 19.3 Å². The Balaban J connectivity index is 2.60. The van der Waals surface area contributed by atoms with Crippen LogP contribution in [0.1, 0.15) is 25.0 Å². The van der Waals surface area contributed by atoms with Gasteiger partial charge in [-0.3, -0.25) is 0 Å². The summed E-state index contributed by atoms with van der Waals surface area (Å²) >= 11 is 0. The maximum Gasteiger partial charge on any atom is 0.0343 e. The molecule has 0 radical (unpaired) electrons. The van der Waals surface area contributed by atoms with E-state index in [2.05, 4.69) is 44.9 Å². The van der Waals surface area contributed by atoms with Crippen molar-refractivity contribution in [2.24, 2.45) is 5.92 Å².